The molecular weight excluding hydrogens is 530 g/mol. The summed E-state index contributed by atoms with van der Waals surface area (Å²) in [6.07, 6.45) is 6.87. The molecule has 4 atom stereocenters. The van der Waals surface area contributed by atoms with E-state index in [1.807, 2.05) is 65.7 Å². The van der Waals surface area contributed by atoms with Crippen molar-refractivity contribution >= 4 is 29.2 Å². The van der Waals surface area contributed by atoms with Crippen LogP contribution in [0.4, 0.5) is 5.69 Å². The number of anilines is 1. The highest BCUT2D eigenvalue weighted by atomic mass is 16.5. The van der Waals surface area contributed by atoms with Crippen LogP contribution in [-0.4, -0.2) is 47.6 Å². The van der Waals surface area contributed by atoms with Gasteiger partial charge in [-0.25, -0.2) is 0 Å². The van der Waals surface area contributed by atoms with Crippen molar-refractivity contribution in [3.05, 3.63) is 125 Å². The predicted octanol–water partition coefficient (Wildman–Crippen LogP) is 5.08. The number of nitrogens with zero attached hydrogens (tertiary/aromatic N) is 2. The fourth-order valence-corrected chi connectivity index (χ4v) is 7.02. The smallest absolute Gasteiger partial charge is 0.238 e. The van der Waals surface area contributed by atoms with E-state index in [4.69, 9.17) is 9.47 Å². The second-order valence-electron chi connectivity index (χ2n) is 10.6. The van der Waals surface area contributed by atoms with E-state index in [9.17, 15) is 14.4 Å². The van der Waals surface area contributed by atoms with Gasteiger partial charge in [-0.15, -0.1) is 0 Å². The molecule has 0 radical (unpaired) electrons. The number of aromatic nitrogens is 1. The molecule has 208 valence electrons. The molecule has 1 spiro atoms. The van der Waals surface area contributed by atoms with Gasteiger partial charge in [0.25, 0.3) is 0 Å². The van der Waals surface area contributed by atoms with Crippen LogP contribution in [-0.2, 0) is 10.2 Å². The van der Waals surface area contributed by atoms with Crippen LogP contribution in [0.1, 0.15) is 43.4 Å². The minimum atomic E-state index is -1.40. The van der Waals surface area contributed by atoms with Gasteiger partial charge in [-0.2, -0.15) is 0 Å². The highest BCUT2D eigenvalue weighted by Gasteiger charge is 2.70. The van der Waals surface area contributed by atoms with Gasteiger partial charge >= 0.3 is 0 Å². The summed E-state index contributed by atoms with van der Waals surface area (Å²) in [7, 11) is 3.03. The topological polar surface area (TPSA) is 97.8 Å². The Morgan fingerprint density at radius 1 is 0.881 bits per heavy atom. The van der Waals surface area contributed by atoms with Crippen molar-refractivity contribution < 1.29 is 23.9 Å². The molecule has 8 heteroatoms. The lowest BCUT2D eigenvalue weighted by Crippen LogP contribution is -2.49. The Kier molecular flexibility index (Phi) is 5.93. The van der Waals surface area contributed by atoms with Gasteiger partial charge in [0.05, 0.1) is 26.2 Å². The lowest BCUT2D eigenvalue weighted by atomic mass is 9.62. The Bertz CT molecular complexity index is 1790. The summed E-state index contributed by atoms with van der Waals surface area (Å²) < 4.78 is 10.9. The number of fused-ring (bicyclic) bond motifs is 6. The van der Waals surface area contributed by atoms with Crippen LogP contribution in [0.25, 0.3) is 6.08 Å². The van der Waals surface area contributed by atoms with Crippen molar-refractivity contribution in [2.45, 2.75) is 17.5 Å². The third-order valence-corrected chi connectivity index (χ3v) is 8.74. The number of carbonyl (C=O) groups excluding carboxylic acids is 3. The van der Waals surface area contributed by atoms with Crippen LogP contribution in [0.5, 0.6) is 11.5 Å². The number of pyridine rings is 1. The summed E-state index contributed by atoms with van der Waals surface area (Å²) in [5.41, 5.74) is 2.41. The Morgan fingerprint density at radius 3 is 2.45 bits per heavy atom. The number of nitrogens with one attached hydrogen (secondary N) is 1. The molecule has 1 amide bonds. The van der Waals surface area contributed by atoms with Crippen LogP contribution in [0, 0.1) is 5.92 Å². The largest absolute Gasteiger partial charge is 0.493 e. The SMILES string of the molecule is COc1ccc(C(=O)[C@@H]2[C@@H](C(=O)c3cccnc3)[C@]3(C(=O)Nc4ccccc43)[C@H]3c4ccccc4C=CN23)cc1OC. The molecule has 1 aromatic heterocycles. The highest BCUT2D eigenvalue weighted by molar-refractivity contribution is 6.16. The lowest BCUT2D eigenvalue weighted by molar-refractivity contribution is -0.122. The van der Waals surface area contributed by atoms with Crippen LogP contribution in [0.2, 0.25) is 0 Å². The number of rotatable bonds is 6. The summed E-state index contributed by atoms with van der Waals surface area (Å²) >= 11 is 0. The van der Waals surface area contributed by atoms with Crippen molar-refractivity contribution in [3.63, 3.8) is 0 Å². The molecule has 4 aromatic rings. The first-order valence-electron chi connectivity index (χ1n) is 13.7. The summed E-state index contributed by atoms with van der Waals surface area (Å²) in [6.45, 7) is 0. The average Bonchev–Trinajstić information content (AvgIpc) is 3.52. The zero-order valence-corrected chi connectivity index (χ0v) is 23.0. The number of hydrogen-bond acceptors (Lipinski definition) is 7. The molecule has 0 aliphatic carbocycles. The van der Waals surface area contributed by atoms with Crippen molar-refractivity contribution in [1.29, 1.82) is 0 Å². The lowest BCUT2D eigenvalue weighted by Gasteiger charge is -2.38. The zero-order valence-electron chi connectivity index (χ0n) is 23.0. The van der Waals surface area contributed by atoms with Gasteiger partial charge in [-0.1, -0.05) is 42.5 Å². The van der Waals surface area contributed by atoms with Gasteiger partial charge in [0.15, 0.2) is 23.1 Å². The number of ketones is 2. The van der Waals surface area contributed by atoms with E-state index in [-0.39, 0.29) is 17.5 Å². The van der Waals surface area contributed by atoms with Crippen molar-refractivity contribution in [1.82, 2.24) is 9.88 Å². The van der Waals surface area contributed by atoms with E-state index < -0.39 is 23.4 Å². The maximum absolute atomic E-state index is 14.7. The Morgan fingerprint density at radius 2 is 1.67 bits per heavy atom. The standard InChI is InChI=1S/C34H27N3O5/c1-41-26-14-13-21(18-27(26)42-2)31(39)29-28(30(38)22-9-7-16-35-19-22)34(24-11-5-6-12-25(24)36-33(34)40)32-23-10-4-3-8-20(23)15-17-37(29)32/h3-19,28-29,32H,1-2H3,(H,36,40)/t28-,29-,32+,34-/m0/s1. The van der Waals surface area contributed by atoms with Crippen molar-refractivity contribution in [3.8, 4) is 11.5 Å². The van der Waals surface area contributed by atoms with E-state index in [0.717, 1.165) is 11.1 Å². The number of benzene rings is 3. The summed E-state index contributed by atoms with van der Waals surface area (Å²) in [6, 6.07) is 22.0. The second kappa shape index (κ2) is 9.69. The number of para-hydroxylation sites is 1. The van der Waals surface area contributed by atoms with Gasteiger partial charge in [-0.05, 0) is 59.2 Å². The second-order valence-corrected chi connectivity index (χ2v) is 10.6. The van der Waals surface area contributed by atoms with Gasteiger partial charge in [0.1, 0.15) is 11.5 Å². The number of amides is 1. The first kappa shape index (κ1) is 25.7. The minimum absolute atomic E-state index is 0.304. The zero-order chi connectivity index (χ0) is 29.0. The van der Waals surface area contributed by atoms with Crippen molar-refractivity contribution in [2.24, 2.45) is 5.92 Å². The van der Waals surface area contributed by atoms with E-state index >= 15 is 0 Å². The molecule has 42 heavy (non-hydrogen) atoms. The third-order valence-electron chi connectivity index (χ3n) is 8.74. The van der Waals surface area contributed by atoms with E-state index in [2.05, 4.69) is 10.3 Å². The van der Waals surface area contributed by atoms with E-state index in [1.54, 1.807) is 36.5 Å². The molecule has 3 aliphatic heterocycles. The highest BCUT2D eigenvalue weighted by Crippen LogP contribution is 2.62. The Balaban J connectivity index is 1.52. The molecule has 0 bridgehead atoms. The minimum Gasteiger partial charge on any atom is -0.493 e. The number of methoxy groups -OCH3 is 2. The molecule has 8 nitrogen and oxygen atoms in total. The summed E-state index contributed by atoms with van der Waals surface area (Å²) in [5.74, 6) is -1.14. The maximum atomic E-state index is 14.7. The van der Waals surface area contributed by atoms with E-state index in [1.165, 1.54) is 20.4 Å². The van der Waals surface area contributed by atoms with Gasteiger partial charge < -0.3 is 19.7 Å². The maximum Gasteiger partial charge on any atom is 0.238 e. The van der Waals surface area contributed by atoms with E-state index in [0.29, 0.717) is 33.9 Å². The van der Waals surface area contributed by atoms with Crippen LogP contribution < -0.4 is 14.8 Å². The molecule has 0 saturated carbocycles. The number of hydrogen-bond donors (Lipinski definition) is 1. The Hall–Kier alpha value is -5.24. The summed E-state index contributed by atoms with van der Waals surface area (Å²) in [4.78, 5) is 50.0. The number of ether oxygens (including phenoxy) is 2. The molecule has 0 unspecified atom stereocenters. The quantitative estimate of drug-likeness (QED) is 0.330. The Labute approximate surface area is 242 Å². The fraction of sp³-hybridized carbons (Fsp3) is 0.176. The first-order valence-corrected chi connectivity index (χ1v) is 13.7. The molecule has 7 rings (SSSR count). The van der Waals surface area contributed by atoms with Crippen LogP contribution >= 0.6 is 0 Å². The van der Waals surface area contributed by atoms with Gasteiger partial charge in [-0.3, -0.25) is 19.4 Å². The van der Waals surface area contributed by atoms with Gasteiger partial charge in [0.2, 0.25) is 5.91 Å². The number of Topliss-reactive ketones (excluding diaryl/α,β-unsaturated/α-hetero) is 2. The molecule has 3 aliphatic rings. The molecule has 3 aromatic carbocycles. The number of carbonyl (C=O) groups is 3. The predicted molar refractivity (Wildman–Crippen MR) is 157 cm³/mol. The molecule has 4 heterocycles. The first-order chi connectivity index (χ1) is 20.5. The third kappa shape index (κ3) is 3.48. The molecular formula is C34H27N3O5. The average molecular weight is 558 g/mol. The van der Waals surface area contributed by atoms with Crippen LogP contribution in [0.3, 0.4) is 0 Å². The normalized spacial score (nSPS) is 23.1. The van der Waals surface area contributed by atoms with Crippen molar-refractivity contribution in [2.75, 3.05) is 19.5 Å². The fourth-order valence-electron chi connectivity index (χ4n) is 7.02. The summed E-state index contributed by atoms with van der Waals surface area (Å²) in [5, 5.41) is 3.06. The van der Waals surface area contributed by atoms with Gasteiger partial charge in [0, 0.05) is 35.4 Å². The monoisotopic (exact) mass is 557 g/mol. The van der Waals surface area contributed by atoms with Crippen LogP contribution in [0.15, 0.2) is 97.5 Å². The molecule has 1 saturated heterocycles. The molecule has 1 N–H and O–H groups in total. The molecule has 1 fully saturated rings.